The average Bonchev–Trinajstić information content (AvgIpc) is 3.17. The summed E-state index contributed by atoms with van der Waals surface area (Å²) in [5.41, 5.74) is -16.2. The van der Waals surface area contributed by atoms with Gasteiger partial charge >= 0.3 is 44.4 Å². The monoisotopic (exact) mass is 968 g/mol. The Morgan fingerprint density at radius 3 is 1.05 bits per heavy atom. The Hall–Kier alpha value is -4.22. The third kappa shape index (κ3) is 13.7. The molecule has 0 saturated carbocycles. The number of benzene rings is 3. The molecule has 3 aromatic rings. The Morgan fingerprint density at radius 1 is 0.431 bits per heavy atom. The number of quaternary nitrogens is 1. The molecule has 3 rings (SSSR count). The van der Waals surface area contributed by atoms with Gasteiger partial charge in [0.15, 0.2) is 0 Å². The van der Waals surface area contributed by atoms with Gasteiger partial charge in [-0.05, 0) is 74.7 Å². The minimum Gasteiger partial charge on any atom is -0.490 e. The molecule has 5 nitrogen and oxygen atoms in total. The molecule has 3 aromatic carbocycles. The summed E-state index contributed by atoms with van der Waals surface area (Å²) in [6.45, 7) is 7.54. The summed E-state index contributed by atoms with van der Waals surface area (Å²) in [6.07, 6.45) is -32.1. The van der Waals surface area contributed by atoms with Gasteiger partial charge in [-0.2, -0.15) is 79.0 Å². The summed E-state index contributed by atoms with van der Waals surface area (Å²) in [7, 11) is -3.34. The van der Waals surface area contributed by atoms with E-state index in [1.54, 1.807) is 20.8 Å². The van der Waals surface area contributed by atoms with Gasteiger partial charge in [0.1, 0.15) is 17.2 Å². The fraction of sp³-hybridized carbons (Fsp3) is 0.561. The van der Waals surface area contributed by atoms with Crippen molar-refractivity contribution in [2.24, 2.45) is 0 Å². The lowest BCUT2D eigenvalue weighted by Crippen LogP contribution is -2.65. The molecule has 0 amide bonds. The van der Waals surface area contributed by atoms with Crippen LogP contribution >= 0.6 is 0 Å². The van der Waals surface area contributed by atoms with Crippen molar-refractivity contribution in [2.75, 3.05) is 26.2 Å². The summed E-state index contributed by atoms with van der Waals surface area (Å²) in [5, 5.41) is 0. The maximum absolute atomic E-state index is 15.5. The van der Waals surface area contributed by atoms with Gasteiger partial charge in [0, 0.05) is 6.42 Å². The van der Waals surface area contributed by atoms with Gasteiger partial charge in [-0.1, -0.05) is 47.0 Å². The normalized spacial score (nSPS) is 14.3. The van der Waals surface area contributed by atoms with Crippen LogP contribution in [0.15, 0.2) is 48.5 Å². The standard InChI is InChI=1S/C41H45BF18NO4/c1-6-11-14-61(15-12-7-2,16-13-8-3)35(9-4,62-10-5)34-32(41(58,59)60)23-29(40(55,56)57)24-33(34)65-42(63-30-19-25(36(43,44)45)17-26(20-30)37(46,47)48)64-31-21-27(38(49,50)51)18-28(22-31)39(52,53)54/h17-24H,6-16H2,1-5H3/q+1. The first kappa shape index (κ1) is 55.1. The van der Waals surface area contributed by atoms with E-state index in [9.17, 15) is 65.9 Å². The van der Waals surface area contributed by atoms with Crippen LogP contribution in [0.3, 0.4) is 0 Å². The predicted octanol–water partition coefficient (Wildman–Crippen LogP) is 15.1. The molecular formula is C41H45BF18NO4+. The van der Waals surface area contributed by atoms with Crippen molar-refractivity contribution in [3.05, 3.63) is 87.5 Å². The van der Waals surface area contributed by atoms with Crippen LogP contribution in [0.4, 0.5) is 79.0 Å². The second-order valence-electron chi connectivity index (χ2n) is 15.0. The van der Waals surface area contributed by atoms with Crippen LogP contribution in [-0.2, 0) is 47.5 Å². The van der Waals surface area contributed by atoms with Gasteiger partial charge < -0.3 is 18.7 Å². The van der Waals surface area contributed by atoms with E-state index in [0.29, 0.717) is 38.5 Å². The second kappa shape index (κ2) is 20.7. The molecule has 0 heterocycles. The minimum atomic E-state index is -5.75. The first-order valence-electron chi connectivity index (χ1n) is 20.1. The molecule has 0 aromatic heterocycles. The Morgan fingerprint density at radius 2 is 0.769 bits per heavy atom. The Bertz CT molecular complexity index is 1860. The number of unbranched alkanes of at least 4 members (excludes halogenated alkanes) is 3. The van der Waals surface area contributed by atoms with E-state index in [4.69, 9.17) is 18.7 Å². The molecule has 0 aliphatic heterocycles. The number of rotatable bonds is 20. The smallest absolute Gasteiger partial charge is 0.490 e. The maximum atomic E-state index is 15.5. The van der Waals surface area contributed by atoms with E-state index in [2.05, 4.69) is 0 Å². The van der Waals surface area contributed by atoms with Crippen LogP contribution in [0.25, 0.3) is 0 Å². The highest BCUT2D eigenvalue weighted by Gasteiger charge is 2.58. The molecule has 65 heavy (non-hydrogen) atoms. The van der Waals surface area contributed by atoms with E-state index >= 15 is 13.2 Å². The molecule has 0 fully saturated rings. The molecule has 0 aliphatic rings. The number of alkyl halides is 18. The predicted molar refractivity (Wildman–Crippen MR) is 200 cm³/mol. The third-order valence-corrected chi connectivity index (χ3v) is 10.4. The summed E-state index contributed by atoms with van der Waals surface area (Å²) in [6, 6.07) is -1.77. The minimum absolute atomic E-state index is 0.0213. The zero-order chi connectivity index (χ0) is 49.6. The van der Waals surface area contributed by atoms with E-state index in [0.717, 1.165) is 0 Å². The molecule has 0 N–H and O–H groups in total. The first-order chi connectivity index (χ1) is 29.7. The van der Waals surface area contributed by atoms with Gasteiger partial charge in [-0.25, -0.2) is 0 Å². The highest BCUT2D eigenvalue weighted by atomic mass is 19.4. The first-order valence-corrected chi connectivity index (χ1v) is 20.1. The maximum Gasteiger partial charge on any atom is 0.864 e. The number of ether oxygens (including phenoxy) is 1. The van der Waals surface area contributed by atoms with Crippen molar-refractivity contribution >= 4 is 7.32 Å². The number of nitrogens with zero attached hydrogens (tertiary/aromatic N) is 1. The SMILES string of the molecule is CCCC[N+](CCCC)(CCCC)C(CC)(OCC)c1c(OB(Oc2cc(C(F)(F)F)cc(C(F)(F)F)c2)Oc2cc(C(F)(F)F)cc(C(F)(F)F)c2)cc(C(F)(F)F)cc1C(F)(F)F. The molecule has 0 spiro atoms. The van der Waals surface area contributed by atoms with Crippen LogP contribution in [0.2, 0.25) is 0 Å². The van der Waals surface area contributed by atoms with Crippen molar-refractivity contribution in [1.29, 1.82) is 0 Å². The highest BCUT2D eigenvalue weighted by molar-refractivity contribution is 6.39. The topological polar surface area (TPSA) is 36.9 Å². The van der Waals surface area contributed by atoms with Crippen molar-refractivity contribution in [2.45, 2.75) is 122 Å². The molecule has 0 aliphatic carbocycles. The molecule has 1 unspecified atom stereocenters. The van der Waals surface area contributed by atoms with Gasteiger partial charge in [0.2, 0.25) is 5.72 Å². The van der Waals surface area contributed by atoms with Crippen molar-refractivity contribution in [3.8, 4) is 17.2 Å². The van der Waals surface area contributed by atoms with Crippen LogP contribution in [0.5, 0.6) is 17.2 Å². The molecule has 1 atom stereocenters. The lowest BCUT2D eigenvalue weighted by Gasteiger charge is -2.54. The quantitative estimate of drug-likeness (QED) is 0.0489. The lowest BCUT2D eigenvalue weighted by atomic mass is 9.86. The number of hydrogen-bond acceptors (Lipinski definition) is 4. The lowest BCUT2D eigenvalue weighted by molar-refractivity contribution is -1.01. The summed E-state index contributed by atoms with van der Waals surface area (Å²) < 4.78 is 279. The van der Waals surface area contributed by atoms with Gasteiger partial charge in [-0.15, -0.1) is 0 Å². The van der Waals surface area contributed by atoms with E-state index in [-0.39, 0.29) is 56.0 Å². The highest BCUT2D eigenvalue weighted by Crippen LogP contribution is 2.53. The zero-order valence-electron chi connectivity index (χ0n) is 35.4. The van der Waals surface area contributed by atoms with Crippen LogP contribution < -0.4 is 14.0 Å². The fourth-order valence-electron chi connectivity index (χ4n) is 7.44. The molecule has 0 radical (unpaired) electrons. The average molecular weight is 969 g/mol. The van der Waals surface area contributed by atoms with E-state index < -0.39 is 136 Å². The molecule has 0 saturated heterocycles. The van der Waals surface area contributed by atoms with Gasteiger partial charge in [-0.3, -0.25) is 4.48 Å². The molecular weight excluding hydrogens is 923 g/mol. The molecule has 24 heteroatoms. The summed E-state index contributed by atoms with van der Waals surface area (Å²) >= 11 is 0. The van der Waals surface area contributed by atoms with E-state index in [1.807, 2.05) is 0 Å². The van der Waals surface area contributed by atoms with Crippen molar-refractivity contribution in [3.63, 3.8) is 0 Å². The Kier molecular flexibility index (Phi) is 17.6. The second-order valence-corrected chi connectivity index (χ2v) is 15.0. The van der Waals surface area contributed by atoms with Crippen molar-refractivity contribution < 1.29 is 102 Å². The van der Waals surface area contributed by atoms with Gasteiger partial charge in [0.25, 0.3) is 0 Å². The summed E-state index contributed by atoms with van der Waals surface area (Å²) in [4.78, 5) is 0. The Balaban J connectivity index is 2.67. The van der Waals surface area contributed by atoms with Gasteiger partial charge in [0.05, 0.1) is 65.2 Å². The van der Waals surface area contributed by atoms with Crippen LogP contribution in [0.1, 0.15) is 119 Å². The zero-order valence-corrected chi connectivity index (χ0v) is 35.4. The van der Waals surface area contributed by atoms with Crippen LogP contribution in [0, 0.1) is 0 Å². The summed E-state index contributed by atoms with van der Waals surface area (Å²) in [5.74, 6) is -4.75. The van der Waals surface area contributed by atoms with E-state index in [1.165, 1.54) is 13.8 Å². The largest absolute Gasteiger partial charge is 0.864 e. The van der Waals surface area contributed by atoms with Crippen molar-refractivity contribution in [1.82, 2.24) is 0 Å². The number of hydrogen-bond donors (Lipinski definition) is 0. The number of halogens is 18. The third-order valence-electron chi connectivity index (χ3n) is 10.4. The molecule has 366 valence electrons. The fourth-order valence-corrected chi connectivity index (χ4v) is 7.44. The molecule has 0 bridgehead atoms. The van der Waals surface area contributed by atoms with Crippen LogP contribution in [-0.4, -0.2) is 38.0 Å². The Labute approximate surface area is 362 Å².